The van der Waals surface area contributed by atoms with Crippen molar-refractivity contribution in [3.8, 4) is 67.0 Å². The first-order chi connectivity index (χ1) is 30.8. The molecule has 10 aromatic carbocycles. The number of hydrogen-bond acceptors (Lipinski definition) is 0. The molecule has 0 radical (unpaired) electrons. The van der Waals surface area contributed by atoms with Crippen molar-refractivity contribution in [2.45, 2.75) is 0 Å². The molecule has 290 valence electrons. The van der Waals surface area contributed by atoms with Gasteiger partial charge in [0.2, 0.25) is 0 Å². The van der Waals surface area contributed by atoms with Crippen LogP contribution in [0.25, 0.3) is 111 Å². The first-order valence-electron chi connectivity index (χ1n) is 21.3. The summed E-state index contributed by atoms with van der Waals surface area (Å²) in [6.07, 6.45) is 0. The minimum absolute atomic E-state index is 1.14. The number of fused-ring (bicyclic) bond motifs is 6. The summed E-state index contributed by atoms with van der Waals surface area (Å²) in [6, 6.07) is 88.4. The minimum atomic E-state index is 1.14. The van der Waals surface area contributed by atoms with Gasteiger partial charge in [-0.15, -0.1) is 0 Å². The van der Waals surface area contributed by atoms with Gasteiger partial charge in [0.15, 0.2) is 0 Å². The van der Waals surface area contributed by atoms with Crippen molar-refractivity contribution >= 4 is 43.6 Å². The average molecular weight is 789 g/mol. The zero-order valence-corrected chi connectivity index (χ0v) is 34.0. The molecule has 0 aliphatic heterocycles. The van der Waals surface area contributed by atoms with E-state index in [0.717, 1.165) is 11.4 Å². The van der Waals surface area contributed by atoms with Crippen LogP contribution in [0.2, 0.25) is 0 Å². The number of rotatable bonds is 7. The van der Waals surface area contributed by atoms with Gasteiger partial charge in [-0.25, -0.2) is 0 Å². The molecule has 2 aromatic heterocycles. The van der Waals surface area contributed by atoms with Crippen LogP contribution in [0.4, 0.5) is 0 Å². The molecule has 0 unspecified atom stereocenters. The largest absolute Gasteiger partial charge is 0.309 e. The summed E-state index contributed by atoms with van der Waals surface area (Å²) in [7, 11) is 0. The lowest BCUT2D eigenvalue weighted by atomic mass is 9.97. The van der Waals surface area contributed by atoms with E-state index in [1.54, 1.807) is 0 Å². The Bertz CT molecular complexity index is 3610. The van der Waals surface area contributed by atoms with E-state index in [2.05, 4.69) is 252 Å². The first kappa shape index (κ1) is 35.7. The highest BCUT2D eigenvalue weighted by molar-refractivity contribution is 6.17. The molecule has 0 aliphatic carbocycles. The smallest absolute Gasteiger partial charge is 0.0547 e. The van der Waals surface area contributed by atoms with Gasteiger partial charge in [0.1, 0.15) is 0 Å². The third-order valence-corrected chi connectivity index (χ3v) is 12.5. The van der Waals surface area contributed by atoms with Crippen molar-refractivity contribution < 1.29 is 0 Å². The molecule has 0 atom stereocenters. The van der Waals surface area contributed by atoms with Gasteiger partial charge in [-0.2, -0.15) is 0 Å². The fourth-order valence-electron chi connectivity index (χ4n) is 9.66. The molecule has 0 saturated carbocycles. The summed E-state index contributed by atoms with van der Waals surface area (Å²) in [6.45, 7) is 0. The van der Waals surface area contributed by atoms with Gasteiger partial charge < -0.3 is 9.13 Å². The molecule has 0 fully saturated rings. The Morgan fingerprint density at radius 3 is 1.45 bits per heavy atom. The number of aromatic nitrogens is 2. The zero-order valence-electron chi connectivity index (χ0n) is 34.0. The van der Waals surface area contributed by atoms with Crippen LogP contribution >= 0.6 is 0 Å². The van der Waals surface area contributed by atoms with E-state index in [-0.39, 0.29) is 0 Å². The molecule has 0 amide bonds. The minimum Gasteiger partial charge on any atom is -0.309 e. The molecule has 62 heavy (non-hydrogen) atoms. The molecule has 2 heterocycles. The van der Waals surface area contributed by atoms with Crippen molar-refractivity contribution in [1.29, 1.82) is 0 Å². The molecular weight excluding hydrogens is 749 g/mol. The lowest BCUT2D eigenvalue weighted by Crippen LogP contribution is -1.97. The molecule has 0 spiro atoms. The highest BCUT2D eigenvalue weighted by Crippen LogP contribution is 2.43. The van der Waals surface area contributed by atoms with Gasteiger partial charge >= 0.3 is 0 Å². The lowest BCUT2D eigenvalue weighted by Gasteiger charge is -2.15. The van der Waals surface area contributed by atoms with E-state index in [0.29, 0.717) is 0 Å². The van der Waals surface area contributed by atoms with Crippen molar-refractivity contribution in [3.05, 3.63) is 243 Å². The first-order valence-corrected chi connectivity index (χ1v) is 21.3. The maximum absolute atomic E-state index is 2.45. The van der Waals surface area contributed by atoms with E-state index in [4.69, 9.17) is 0 Å². The molecule has 0 aliphatic rings. The number of benzene rings is 10. The second-order valence-electron chi connectivity index (χ2n) is 16.1. The maximum atomic E-state index is 2.45. The highest BCUT2D eigenvalue weighted by Gasteiger charge is 2.20. The predicted octanol–water partition coefficient (Wildman–Crippen LogP) is 16.2. The Hall–Kier alpha value is -8.20. The Morgan fingerprint density at radius 2 is 0.710 bits per heavy atom. The lowest BCUT2D eigenvalue weighted by molar-refractivity contribution is 1.18. The second-order valence-corrected chi connectivity index (χ2v) is 16.1. The molecule has 0 bridgehead atoms. The fourth-order valence-corrected chi connectivity index (χ4v) is 9.66. The number of nitrogens with zero attached hydrogens (tertiary/aromatic N) is 2. The van der Waals surface area contributed by atoms with Crippen LogP contribution < -0.4 is 0 Å². The Balaban J connectivity index is 1.04. The Morgan fingerprint density at radius 1 is 0.226 bits per heavy atom. The normalized spacial score (nSPS) is 11.5. The van der Waals surface area contributed by atoms with Crippen molar-refractivity contribution in [3.63, 3.8) is 0 Å². The third kappa shape index (κ3) is 5.96. The summed E-state index contributed by atoms with van der Waals surface area (Å²) < 4.78 is 4.89. The van der Waals surface area contributed by atoms with Crippen LogP contribution in [0.15, 0.2) is 243 Å². The SMILES string of the molecule is c1ccc(-c2cccc(-c3ccccc3-n3c4ccccc4c4cc(-c5ccc6c(c5)c5c(-c7ccccc7)cccc5n6-c5cccc(-c6ccccc6)c5)ccc43)c2)cc1. The summed E-state index contributed by atoms with van der Waals surface area (Å²) >= 11 is 0. The summed E-state index contributed by atoms with van der Waals surface area (Å²) in [4.78, 5) is 0. The van der Waals surface area contributed by atoms with Gasteiger partial charge in [-0.05, 0) is 111 Å². The van der Waals surface area contributed by atoms with Crippen molar-refractivity contribution in [1.82, 2.24) is 9.13 Å². The molecule has 12 rings (SSSR count). The fraction of sp³-hybridized carbons (Fsp3) is 0. The summed E-state index contributed by atoms with van der Waals surface area (Å²) in [5.74, 6) is 0. The summed E-state index contributed by atoms with van der Waals surface area (Å²) in [5, 5.41) is 4.96. The van der Waals surface area contributed by atoms with Crippen LogP contribution in [0.5, 0.6) is 0 Å². The van der Waals surface area contributed by atoms with Gasteiger partial charge in [0.05, 0.1) is 27.8 Å². The van der Waals surface area contributed by atoms with E-state index >= 15 is 0 Å². The van der Waals surface area contributed by atoms with Crippen LogP contribution in [0, 0.1) is 0 Å². The van der Waals surface area contributed by atoms with Gasteiger partial charge in [0.25, 0.3) is 0 Å². The Labute approximate surface area is 360 Å². The van der Waals surface area contributed by atoms with Crippen LogP contribution in [0.3, 0.4) is 0 Å². The van der Waals surface area contributed by atoms with Crippen molar-refractivity contribution in [2.24, 2.45) is 0 Å². The number of hydrogen-bond donors (Lipinski definition) is 0. The molecule has 0 N–H and O–H groups in total. The second kappa shape index (κ2) is 14.8. The molecule has 2 nitrogen and oxygen atoms in total. The average Bonchev–Trinajstić information content (AvgIpc) is 3.87. The van der Waals surface area contributed by atoms with Crippen LogP contribution in [0.1, 0.15) is 0 Å². The van der Waals surface area contributed by atoms with Crippen molar-refractivity contribution in [2.75, 3.05) is 0 Å². The van der Waals surface area contributed by atoms with E-state index in [1.807, 2.05) is 0 Å². The van der Waals surface area contributed by atoms with Gasteiger partial charge in [-0.1, -0.05) is 182 Å². The monoisotopic (exact) mass is 788 g/mol. The quantitative estimate of drug-likeness (QED) is 0.152. The zero-order chi connectivity index (χ0) is 41.0. The standard InChI is InChI=1S/C60H40N2/c1-4-17-41(18-5-1)44-23-14-25-48(37-44)50-27-10-12-30-55(50)62-56-31-13-11-28-52(56)53-39-46(33-35-57(53)62)47-34-36-58-54(40-47)60-51(43-21-8-3-9-22-43)29-16-32-59(60)61(58)49-26-15-24-45(38-49)42-19-6-2-7-20-42/h1-40H. The Kier molecular flexibility index (Phi) is 8.53. The third-order valence-electron chi connectivity index (χ3n) is 12.5. The van der Waals surface area contributed by atoms with Crippen LogP contribution in [-0.4, -0.2) is 9.13 Å². The maximum Gasteiger partial charge on any atom is 0.0547 e. The highest BCUT2D eigenvalue weighted by atomic mass is 15.0. The molecule has 0 saturated heterocycles. The van der Waals surface area contributed by atoms with E-state index in [1.165, 1.54) is 99.2 Å². The van der Waals surface area contributed by atoms with Crippen LogP contribution in [-0.2, 0) is 0 Å². The van der Waals surface area contributed by atoms with Gasteiger partial charge in [0, 0.05) is 32.8 Å². The molecule has 2 heteroatoms. The molecule has 12 aromatic rings. The van der Waals surface area contributed by atoms with E-state index < -0.39 is 0 Å². The number of para-hydroxylation sites is 2. The van der Waals surface area contributed by atoms with E-state index in [9.17, 15) is 0 Å². The summed E-state index contributed by atoms with van der Waals surface area (Å²) in [5.41, 5.74) is 19.1. The predicted molar refractivity (Wildman–Crippen MR) is 262 cm³/mol. The van der Waals surface area contributed by atoms with Gasteiger partial charge in [-0.3, -0.25) is 0 Å². The molecular formula is C60H40N2. The topological polar surface area (TPSA) is 9.86 Å².